The van der Waals surface area contributed by atoms with Crippen LogP contribution >= 0.6 is 0 Å². The standard InChI is InChI=1S/C19H21NO4/c1-13-17(19(22)23)7-4-10-20(13)18(21)12-24-16-9-8-14-5-2-3-6-15(14)11-16/h2-3,5-6,8-9,11,13,17H,4,7,10,12H2,1H3,(H,22,23)/t13-,17-/m1/s1. The molecule has 1 amide bonds. The van der Waals surface area contributed by atoms with Crippen LogP contribution < -0.4 is 4.74 Å². The molecule has 5 heteroatoms. The molecule has 1 saturated heterocycles. The second kappa shape index (κ2) is 6.91. The van der Waals surface area contributed by atoms with Crippen LogP contribution in [0.4, 0.5) is 0 Å². The van der Waals surface area contributed by atoms with Crippen molar-refractivity contribution in [2.24, 2.45) is 5.92 Å². The molecule has 2 aromatic carbocycles. The van der Waals surface area contributed by atoms with Gasteiger partial charge in [-0.15, -0.1) is 0 Å². The first-order chi connectivity index (χ1) is 11.6. The third-order valence-corrected chi connectivity index (χ3v) is 4.71. The molecule has 0 unspecified atom stereocenters. The molecule has 1 N–H and O–H groups in total. The van der Waals surface area contributed by atoms with E-state index in [9.17, 15) is 14.7 Å². The second-order valence-electron chi connectivity index (χ2n) is 6.21. The summed E-state index contributed by atoms with van der Waals surface area (Å²) >= 11 is 0. The highest BCUT2D eigenvalue weighted by Crippen LogP contribution is 2.24. The zero-order valence-corrected chi connectivity index (χ0v) is 13.6. The number of fused-ring (bicyclic) bond motifs is 1. The number of aliphatic carboxylic acids is 1. The van der Waals surface area contributed by atoms with E-state index < -0.39 is 11.9 Å². The first-order valence-corrected chi connectivity index (χ1v) is 8.20. The average Bonchev–Trinajstić information content (AvgIpc) is 2.59. The average molecular weight is 327 g/mol. The maximum Gasteiger partial charge on any atom is 0.308 e. The molecule has 0 aliphatic carbocycles. The molecule has 1 heterocycles. The van der Waals surface area contributed by atoms with Crippen LogP contribution in [-0.4, -0.2) is 41.1 Å². The molecule has 2 atom stereocenters. The number of benzene rings is 2. The van der Waals surface area contributed by atoms with E-state index in [4.69, 9.17) is 4.74 Å². The molecule has 3 rings (SSSR count). The topological polar surface area (TPSA) is 66.8 Å². The minimum absolute atomic E-state index is 0.0744. The van der Waals surface area contributed by atoms with E-state index in [2.05, 4.69) is 0 Å². The zero-order valence-electron chi connectivity index (χ0n) is 13.6. The SMILES string of the molecule is C[C@@H]1[C@H](C(=O)O)CCCN1C(=O)COc1ccc2ccccc2c1. The summed E-state index contributed by atoms with van der Waals surface area (Å²) in [6, 6.07) is 13.3. The number of rotatable bonds is 4. The number of carboxylic acids is 1. The predicted molar refractivity (Wildman–Crippen MR) is 91.0 cm³/mol. The Labute approximate surface area is 140 Å². The summed E-state index contributed by atoms with van der Waals surface area (Å²) in [5.41, 5.74) is 0. The fourth-order valence-corrected chi connectivity index (χ4v) is 3.31. The predicted octanol–water partition coefficient (Wildman–Crippen LogP) is 2.93. The lowest BCUT2D eigenvalue weighted by atomic mass is 9.90. The van der Waals surface area contributed by atoms with Gasteiger partial charge in [-0.2, -0.15) is 0 Å². The Balaban J connectivity index is 1.64. The van der Waals surface area contributed by atoms with Crippen molar-refractivity contribution in [3.05, 3.63) is 42.5 Å². The number of likely N-dealkylation sites (tertiary alicyclic amines) is 1. The first-order valence-electron chi connectivity index (χ1n) is 8.20. The number of hydrogen-bond donors (Lipinski definition) is 1. The minimum atomic E-state index is -0.838. The third-order valence-electron chi connectivity index (χ3n) is 4.71. The van der Waals surface area contributed by atoms with Crippen molar-refractivity contribution in [3.8, 4) is 5.75 Å². The van der Waals surface area contributed by atoms with Crippen molar-refractivity contribution in [2.75, 3.05) is 13.2 Å². The summed E-state index contributed by atoms with van der Waals surface area (Å²) < 4.78 is 5.63. The zero-order chi connectivity index (χ0) is 17.1. The Morgan fingerprint density at radius 3 is 2.71 bits per heavy atom. The molecule has 0 aromatic heterocycles. The van der Waals surface area contributed by atoms with Crippen LogP contribution in [0.5, 0.6) is 5.75 Å². The Hall–Kier alpha value is -2.56. The highest BCUT2D eigenvalue weighted by atomic mass is 16.5. The van der Waals surface area contributed by atoms with Gasteiger partial charge in [0, 0.05) is 12.6 Å². The number of piperidine rings is 1. The van der Waals surface area contributed by atoms with Gasteiger partial charge in [-0.05, 0) is 42.7 Å². The Morgan fingerprint density at radius 1 is 1.21 bits per heavy atom. The number of amides is 1. The van der Waals surface area contributed by atoms with Gasteiger partial charge >= 0.3 is 5.97 Å². The van der Waals surface area contributed by atoms with Crippen molar-refractivity contribution >= 4 is 22.6 Å². The lowest BCUT2D eigenvalue weighted by Crippen LogP contribution is -2.50. The van der Waals surface area contributed by atoms with Crippen LogP contribution in [0, 0.1) is 5.92 Å². The number of carboxylic acid groups (broad SMARTS) is 1. The lowest BCUT2D eigenvalue weighted by Gasteiger charge is -2.37. The van der Waals surface area contributed by atoms with Gasteiger partial charge in [0.05, 0.1) is 5.92 Å². The smallest absolute Gasteiger partial charge is 0.308 e. The van der Waals surface area contributed by atoms with Crippen LogP contribution in [-0.2, 0) is 9.59 Å². The maximum absolute atomic E-state index is 12.4. The first kappa shape index (κ1) is 16.3. The van der Waals surface area contributed by atoms with E-state index in [1.807, 2.05) is 42.5 Å². The van der Waals surface area contributed by atoms with Crippen LogP contribution in [0.2, 0.25) is 0 Å². The van der Waals surface area contributed by atoms with E-state index in [1.165, 1.54) is 0 Å². The van der Waals surface area contributed by atoms with Crippen molar-refractivity contribution < 1.29 is 19.4 Å². The lowest BCUT2D eigenvalue weighted by molar-refractivity contribution is -0.149. The van der Waals surface area contributed by atoms with Crippen molar-refractivity contribution in [1.29, 1.82) is 0 Å². The van der Waals surface area contributed by atoms with Crippen molar-refractivity contribution in [3.63, 3.8) is 0 Å². The molecular weight excluding hydrogens is 306 g/mol. The number of nitrogens with zero attached hydrogens (tertiary/aromatic N) is 1. The van der Waals surface area contributed by atoms with Crippen LogP contribution in [0.3, 0.4) is 0 Å². The molecule has 0 spiro atoms. The molecule has 2 aromatic rings. The van der Waals surface area contributed by atoms with Crippen molar-refractivity contribution in [1.82, 2.24) is 4.90 Å². The van der Waals surface area contributed by atoms with Gasteiger partial charge < -0.3 is 14.7 Å². The largest absolute Gasteiger partial charge is 0.484 e. The fourth-order valence-electron chi connectivity index (χ4n) is 3.31. The van der Waals surface area contributed by atoms with Gasteiger partial charge in [-0.3, -0.25) is 9.59 Å². The van der Waals surface area contributed by atoms with E-state index in [-0.39, 0.29) is 18.6 Å². The molecule has 1 aliphatic rings. The molecule has 126 valence electrons. The monoisotopic (exact) mass is 327 g/mol. The highest BCUT2D eigenvalue weighted by molar-refractivity contribution is 5.84. The summed E-state index contributed by atoms with van der Waals surface area (Å²) in [6.07, 6.45) is 1.33. The minimum Gasteiger partial charge on any atom is -0.484 e. The quantitative estimate of drug-likeness (QED) is 0.937. The van der Waals surface area contributed by atoms with Gasteiger partial charge in [-0.25, -0.2) is 0 Å². The molecule has 0 radical (unpaired) electrons. The molecule has 1 aliphatic heterocycles. The summed E-state index contributed by atoms with van der Waals surface area (Å²) in [7, 11) is 0. The van der Waals surface area contributed by atoms with Crippen LogP contribution in [0.15, 0.2) is 42.5 Å². The summed E-state index contributed by atoms with van der Waals surface area (Å²) in [6.45, 7) is 2.31. The molecule has 1 fully saturated rings. The summed E-state index contributed by atoms with van der Waals surface area (Å²) in [5, 5.41) is 11.4. The number of carbonyl (C=O) groups excluding carboxylic acids is 1. The molecule has 24 heavy (non-hydrogen) atoms. The molecule has 0 bridgehead atoms. The number of carbonyl (C=O) groups is 2. The Kier molecular flexibility index (Phi) is 4.69. The van der Waals surface area contributed by atoms with Gasteiger partial charge in [0.25, 0.3) is 5.91 Å². The maximum atomic E-state index is 12.4. The number of ether oxygens (including phenoxy) is 1. The van der Waals surface area contributed by atoms with Gasteiger partial charge in [0.1, 0.15) is 5.75 Å². The van der Waals surface area contributed by atoms with Crippen LogP contribution in [0.25, 0.3) is 10.8 Å². The van der Waals surface area contributed by atoms with Crippen molar-refractivity contribution in [2.45, 2.75) is 25.8 Å². The van der Waals surface area contributed by atoms with Gasteiger partial charge in [0.15, 0.2) is 6.61 Å². The molecule has 0 saturated carbocycles. The van der Waals surface area contributed by atoms with E-state index >= 15 is 0 Å². The van der Waals surface area contributed by atoms with E-state index in [1.54, 1.807) is 11.8 Å². The summed E-state index contributed by atoms with van der Waals surface area (Å²) in [4.78, 5) is 25.3. The highest BCUT2D eigenvalue weighted by Gasteiger charge is 2.35. The van der Waals surface area contributed by atoms with E-state index in [0.717, 1.165) is 10.8 Å². The van der Waals surface area contributed by atoms with Crippen LogP contribution in [0.1, 0.15) is 19.8 Å². The second-order valence-corrected chi connectivity index (χ2v) is 6.21. The fraction of sp³-hybridized carbons (Fsp3) is 0.368. The van der Waals surface area contributed by atoms with E-state index in [0.29, 0.717) is 25.1 Å². The Bertz CT molecular complexity index is 758. The summed E-state index contributed by atoms with van der Waals surface area (Å²) in [5.74, 6) is -0.859. The molecule has 5 nitrogen and oxygen atoms in total. The third kappa shape index (κ3) is 3.35. The normalized spacial score (nSPS) is 20.8. The van der Waals surface area contributed by atoms with Gasteiger partial charge in [0.2, 0.25) is 0 Å². The Morgan fingerprint density at radius 2 is 1.96 bits per heavy atom. The molecular formula is C19H21NO4. The number of hydrogen-bond acceptors (Lipinski definition) is 3. The van der Waals surface area contributed by atoms with Gasteiger partial charge in [-0.1, -0.05) is 30.3 Å².